The number of carbonyl (C=O) groups excluding carboxylic acids is 1. The molecule has 0 spiro atoms. The van der Waals surface area contributed by atoms with Crippen molar-refractivity contribution in [2.45, 2.75) is 57.2 Å². The molecule has 1 amide bonds. The van der Waals surface area contributed by atoms with Gasteiger partial charge in [-0.25, -0.2) is 9.97 Å². The quantitative estimate of drug-likeness (QED) is 0.465. The summed E-state index contributed by atoms with van der Waals surface area (Å²) in [6.45, 7) is -3.15. The second-order valence-corrected chi connectivity index (χ2v) is 8.34. The first-order valence-electron chi connectivity index (χ1n) is 11.0. The van der Waals surface area contributed by atoms with Crippen LogP contribution in [0.2, 0.25) is 0 Å². The normalized spacial score (nSPS) is 18.5. The summed E-state index contributed by atoms with van der Waals surface area (Å²) in [6, 6.07) is 1.77. The van der Waals surface area contributed by atoms with E-state index in [1.807, 2.05) is 0 Å². The van der Waals surface area contributed by atoms with E-state index in [0.717, 1.165) is 16.7 Å². The number of nitrogens with zero attached hydrogens (tertiary/aromatic N) is 5. The van der Waals surface area contributed by atoms with Crippen LogP contribution >= 0.6 is 0 Å². The Morgan fingerprint density at radius 2 is 1.92 bits per heavy atom. The first kappa shape index (κ1) is 25.5. The van der Waals surface area contributed by atoms with Crippen molar-refractivity contribution in [2.24, 2.45) is 7.05 Å². The van der Waals surface area contributed by atoms with Crippen molar-refractivity contribution in [3.05, 3.63) is 40.6 Å². The first-order chi connectivity index (χ1) is 17.0. The zero-order chi connectivity index (χ0) is 26.0. The average molecular weight is 515 g/mol. The van der Waals surface area contributed by atoms with E-state index in [9.17, 15) is 31.5 Å². The van der Waals surface area contributed by atoms with Crippen molar-refractivity contribution in [3.8, 4) is 0 Å². The molecule has 3 aromatic heterocycles. The van der Waals surface area contributed by atoms with Crippen molar-refractivity contribution in [1.29, 1.82) is 0 Å². The van der Waals surface area contributed by atoms with Gasteiger partial charge in [-0.1, -0.05) is 0 Å². The molecule has 15 heteroatoms. The summed E-state index contributed by atoms with van der Waals surface area (Å²) >= 11 is 0. The van der Waals surface area contributed by atoms with Gasteiger partial charge in [-0.3, -0.25) is 18.8 Å². The summed E-state index contributed by atoms with van der Waals surface area (Å²) in [5.74, 6) is -0.260. The number of aromatic nitrogens is 5. The largest absolute Gasteiger partial charge is 0.417 e. The number of rotatable bonds is 7. The summed E-state index contributed by atoms with van der Waals surface area (Å²) in [4.78, 5) is 33.4. The van der Waals surface area contributed by atoms with E-state index < -0.39 is 35.9 Å². The molecule has 36 heavy (non-hydrogen) atoms. The van der Waals surface area contributed by atoms with Gasteiger partial charge in [0.25, 0.3) is 5.56 Å². The molecule has 0 saturated heterocycles. The summed E-state index contributed by atoms with van der Waals surface area (Å²) in [5, 5.41) is 9.70. The molecule has 0 radical (unpaired) electrons. The van der Waals surface area contributed by atoms with E-state index in [1.54, 1.807) is 0 Å². The van der Waals surface area contributed by atoms with E-state index in [2.05, 4.69) is 30.4 Å². The first-order valence-corrected chi connectivity index (χ1v) is 11.0. The number of carbonyl (C=O) groups is 1. The van der Waals surface area contributed by atoms with Crippen LogP contribution < -0.4 is 16.2 Å². The second kappa shape index (κ2) is 10.2. The molecule has 1 fully saturated rings. The lowest BCUT2D eigenvalue weighted by atomic mass is 9.93. The summed E-state index contributed by atoms with van der Waals surface area (Å²) in [6.07, 6.45) is -1.49. The van der Waals surface area contributed by atoms with Crippen LogP contribution in [0.15, 0.2) is 29.5 Å². The van der Waals surface area contributed by atoms with E-state index in [1.165, 1.54) is 18.1 Å². The van der Waals surface area contributed by atoms with Crippen LogP contribution in [0.4, 0.5) is 33.6 Å². The maximum Gasteiger partial charge on any atom is 0.417 e. The summed E-state index contributed by atoms with van der Waals surface area (Å²) in [5.41, 5.74) is -1.23. The van der Waals surface area contributed by atoms with Gasteiger partial charge in [0.15, 0.2) is 11.3 Å². The van der Waals surface area contributed by atoms with Gasteiger partial charge in [0, 0.05) is 19.3 Å². The lowest BCUT2D eigenvalue weighted by molar-refractivity contribution is -0.170. The molecule has 2 N–H and O–H groups in total. The third-order valence-electron chi connectivity index (χ3n) is 5.80. The fourth-order valence-corrected chi connectivity index (χ4v) is 4.06. The predicted octanol–water partition coefficient (Wildman–Crippen LogP) is 2.95. The lowest BCUT2D eigenvalue weighted by Gasteiger charge is -2.28. The Morgan fingerprint density at radius 3 is 2.53 bits per heavy atom. The van der Waals surface area contributed by atoms with Crippen molar-refractivity contribution in [2.75, 3.05) is 5.32 Å². The number of pyridine rings is 1. The molecule has 1 aliphatic carbocycles. The van der Waals surface area contributed by atoms with Gasteiger partial charge < -0.3 is 15.4 Å². The van der Waals surface area contributed by atoms with Crippen LogP contribution in [0.25, 0.3) is 11.0 Å². The smallest absolute Gasteiger partial charge is 0.352 e. The molecule has 0 aromatic carbocycles. The number of ether oxygens (including phenoxy) is 1. The number of amides is 1. The molecule has 1 saturated carbocycles. The Labute approximate surface area is 200 Å². The zero-order valence-electron chi connectivity index (χ0n) is 18.9. The Hall–Kier alpha value is -3.62. The van der Waals surface area contributed by atoms with Crippen molar-refractivity contribution < 1.29 is 31.5 Å². The van der Waals surface area contributed by atoms with Crippen molar-refractivity contribution >= 4 is 28.6 Å². The van der Waals surface area contributed by atoms with E-state index in [4.69, 9.17) is 0 Å². The molecule has 0 aliphatic heterocycles. The molecule has 1 aliphatic rings. The average Bonchev–Trinajstić information content (AvgIpc) is 3.12. The number of aryl methyl sites for hydroxylation is 1. The topological polar surface area (TPSA) is 116 Å². The van der Waals surface area contributed by atoms with Crippen LogP contribution in [0.3, 0.4) is 0 Å². The molecule has 3 heterocycles. The molecule has 194 valence electrons. The van der Waals surface area contributed by atoms with E-state index >= 15 is 0 Å². The minimum absolute atomic E-state index is 0.0713. The number of fused-ring (bicyclic) bond motifs is 1. The summed E-state index contributed by atoms with van der Waals surface area (Å²) < 4.78 is 69.7. The number of anilines is 2. The number of hydrogen-bond acceptors (Lipinski definition) is 7. The molecular formula is C21H22F5N7O3. The van der Waals surface area contributed by atoms with Crippen molar-refractivity contribution in [3.63, 3.8) is 0 Å². The second-order valence-electron chi connectivity index (χ2n) is 8.34. The van der Waals surface area contributed by atoms with Crippen LogP contribution in [0.5, 0.6) is 0 Å². The Bertz CT molecular complexity index is 1280. The van der Waals surface area contributed by atoms with Crippen LogP contribution in [-0.2, 0) is 29.3 Å². The minimum atomic E-state index is -4.52. The number of halogens is 5. The fourth-order valence-electron chi connectivity index (χ4n) is 4.06. The van der Waals surface area contributed by atoms with Gasteiger partial charge >= 0.3 is 12.8 Å². The van der Waals surface area contributed by atoms with Gasteiger partial charge in [0.2, 0.25) is 5.91 Å². The minimum Gasteiger partial charge on any atom is -0.352 e. The molecule has 0 unspecified atom stereocenters. The highest BCUT2D eigenvalue weighted by molar-refractivity contribution is 5.87. The molecule has 3 aromatic rings. The Morgan fingerprint density at radius 1 is 1.19 bits per heavy atom. The van der Waals surface area contributed by atoms with Gasteiger partial charge in [-0.2, -0.15) is 27.1 Å². The fraction of sp³-hybridized carbons (Fsp3) is 0.476. The standard InChI is InChI=1S/C21H22F5N7O3/c1-32-17-16(18(31-32)30-14-7-2-11(8-27-14)21(24,25)26)28-10-33(19(17)35)9-15(34)29-12-3-5-13(6-4-12)36-20(22)23/h2,7-8,10,12-13,20H,3-6,9H2,1H3,(H,29,34)(H,27,30,31). The Kier molecular flexibility index (Phi) is 7.19. The lowest BCUT2D eigenvalue weighted by Crippen LogP contribution is -2.42. The highest BCUT2D eigenvalue weighted by Crippen LogP contribution is 2.29. The maximum absolute atomic E-state index is 13.0. The maximum atomic E-state index is 13.0. The molecular weight excluding hydrogens is 493 g/mol. The molecule has 4 rings (SSSR count). The van der Waals surface area contributed by atoms with E-state index in [0.29, 0.717) is 31.9 Å². The molecule has 0 bridgehead atoms. The summed E-state index contributed by atoms with van der Waals surface area (Å²) in [7, 11) is 1.49. The molecule has 0 atom stereocenters. The van der Waals surface area contributed by atoms with Crippen molar-refractivity contribution in [1.82, 2.24) is 29.6 Å². The van der Waals surface area contributed by atoms with Crippen LogP contribution in [0, 0.1) is 0 Å². The van der Waals surface area contributed by atoms with Crippen LogP contribution in [-0.4, -0.2) is 49.0 Å². The van der Waals surface area contributed by atoms with Gasteiger partial charge in [-0.15, -0.1) is 0 Å². The van der Waals surface area contributed by atoms with Gasteiger partial charge in [0.05, 0.1) is 18.0 Å². The predicted molar refractivity (Wildman–Crippen MR) is 117 cm³/mol. The number of alkyl halides is 5. The SMILES string of the molecule is Cn1nc(Nc2ccc(C(F)(F)F)cn2)c2ncn(CC(=O)NC3CCC(OC(F)F)CC3)c(=O)c21. The number of hydrogen-bond donors (Lipinski definition) is 2. The number of nitrogens with one attached hydrogen (secondary N) is 2. The van der Waals surface area contributed by atoms with Crippen LogP contribution in [0.1, 0.15) is 31.2 Å². The Balaban J connectivity index is 1.43. The zero-order valence-corrected chi connectivity index (χ0v) is 18.9. The monoisotopic (exact) mass is 515 g/mol. The van der Waals surface area contributed by atoms with Gasteiger partial charge in [-0.05, 0) is 37.8 Å². The third kappa shape index (κ3) is 5.78. The van der Waals surface area contributed by atoms with Gasteiger partial charge in [0.1, 0.15) is 17.9 Å². The van der Waals surface area contributed by atoms with E-state index in [-0.39, 0.29) is 35.3 Å². The molecule has 10 nitrogen and oxygen atoms in total. The third-order valence-corrected chi connectivity index (χ3v) is 5.80. The highest BCUT2D eigenvalue weighted by Gasteiger charge is 2.31. The highest BCUT2D eigenvalue weighted by atomic mass is 19.4.